The maximum atomic E-state index is 12.4. The van der Waals surface area contributed by atoms with E-state index in [2.05, 4.69) is 10.1 Å². The molecule has 2 unspecified atom stereocenters. The summed E-state index contributed by atoms with van der Waals surface area (Å²) in [5.74, 6) is -1.29. The number of hydrogen-bond acceptors (Lipinski definition) is 3. The molecule has 6 heteroatoms. The number of ether oxygens (including phenoxy) is 1. The van der Waals surface area contributed by atoms with E-state index in [4.69, 9.17) is 0 Å². The van der Waals surface area contributed by atoms with E-state index in [-0.39, 0.29) is 17.4 Å². The van der Waals surface area contributed by atoms with Crippen molar-refractivity contribution in [1.82, 2.24) is 5.32 Å². The highest BCUT2D eigenvalue weighted by atomic mass is 19.3. The molecular weight excluding hydrogens is 268 g/mol. The predicted octanol–water partition coefficient (Wildman–Crippen LogP) is 2.98. The number of rotatable bonds is 7. The normalized spacial score (nSPS) is 15.7. The molecule has 0 spiro atoms. The fourth-order valence-electron chi connectivity index (χ4n) is 1.93. The van der Waals surface area contributed by atoms with Crippen LogP contribution in [0.15, 0.2) is 24.3 Å². The smallest absolute Gasteiger partial charge is 0.387 e. The van der Waals surface area contributed by atoms with Gasteiger partial charge in [-0.15, -0.1) is 0 Å². The van der Waals surface area contributed by atoms with Crippen molar-refractivity contribution in [3.05, 3.63) is 29.8 Å². The molecule has 0 radical (unpaired) electrons. The summed E-state index contributed by atoms with van der Waals surface area (Å²) in [6.45, 7) is 2.17. The summed E-state index contributed by atoms with van der Waals surface area (Å²) >= 11 is 0. The van der Waals surface area contributed by atoms with Crippen LogP contribution in [-0.4, -0.2) is 23.7 Å². The summed E-state index contributed by atoms with van der Waals surface area (Å²) in [6, 6.07) is 5.83. The van der Waals surface area contributed by atoms with Crippen LogP contribution in [0.5, 0.6) is 5.75 Å². The van der Waals surface area contributed by atoms with Crippen LogP contribution < -0.4 is 10.1 Å². The monoisotopic (exact) mass is 287 g/mol. The number of carboxylic acid groups (broad SMARTS) is 1. The van der Waals surface area contributed by atoms with Crippen molar-refractivity contribution in [2.24, 2.45) is 0 Å². The molecule has 0 heterocycles. The van der Waals surface area contributed by atoms with Gasteiger partial charge in [-0.05, 0) is 26.3 Å². The molecule has 0 saturated carbocycles. The van der Waals surface area contributed by atoms with Gasteiger partial charge in [0.1, 0.15) is 11.3 Å². The Morgan fingerprint density at radius 1 is 1.45 bits per heavy atom. The highest BCUT2D eigenvalue weighted by Crippen LogP contribution is 2.32. The van der Waals surface area contributed by atoms with E-state index in [0.717, 1.165) is 0 Å². The topological polar surface area (TPSA) is 58.6 Å². The largest absolute Gasteiger partial charge is 0.480 e. The van der Waals surface area contributed by atoms with E-state index in [1.54, 1.807) is 6.07 Å². The fraction of sp³-hybridized carbons (Fsp3) is 0.500. The quantitative estimate of drug-likeness (QED) is 0.809. The second kappa shape index (κ2) is 6.65. The molecule has 1 aromatic rings. The van der Waals surface area contributed by atoms with Gasteiger partial charge in [0, 0.05) is 11.6 Å². The Morgan fingerprint density at radius 2 is 2.05 bits per heavy atom. The lowest BCUT2D eigenvalue weighted by Gasteiger charge is -2.31. The van der Waals surface area contributed by atoms with Crippen molar-refractivity contribution in [3.63, 3.8) is 0 Å². The summed E-state index contributed by atoms with van der Waals surface area (Å²) in [5, 5.41) is 12.4. The Hall–Kier alpha value is -1.69. The summed E-state index contributed by atoms with van der Waals surface area (Å²) in [6.07, 6.45) is 0.709. The van der Waals surface area contributed by atoms with Gasteiger partial charge in [0.2, 0.25) is 0 Å². The molecule has 0 bridgehead atoms. The molecule has 1 aromatic carbocycles. The number of para-hydroxylation sites is 1. The van der Waals surface area contributed by atoms with Gasteiger partial charge in [-0.1, -0.05) is 25.1 Å². The van der Waals surface area contributed by atoms with E-state index < -0.39 is 18.1 Å². The zero-order valence-corrected chi connectivity index (χ0v) is 11.7. The number of aliphatic carboxylic acids is 1. The molecule has 0 amide bonds. The SMILES string of the molecule is CCC(C)NC(C)(C(=O)O)c1ccccc1OC(F)F. The number of halogens is 2. The van der Waals surface area contributed by atoms with Crippen LogP contribution in [-0.2, 0) is 10.3 Å². The molecule has 20 heavy (non-hydrogen) atoms. The third-order valence-corrected chi connectivity index (χ3v) is 3.22. The maximum absolute atomic E-state index is 12.4. The highest BCUT2D eigenvalue weighted by Gasteiger charge is 2.38. The van der Waals surface area contributed by atoms with Gasteiger partial charge < -0.3 is 9.84 Å². The minimum atomic E-state index is -3.00. The Kier molecular flexibility index (Phi) is 5.44. The van der Waals surface area contributed by atoms with Crippen molar-refractivity contribution in [2.45, 2.75) is 45.4 Å². The number of benzene rings is 1. The highest BCUT2D eigenvalue weighted by molar-refractivity contribution is 5.81. The zero-order valence-electron chi connectivity index (χ0n) is 11.7. The van der Waals surface area contributed by atoms with Crippen LogP contribution in [0.25, 0.3) is 0 Å². The van der Waals surface area contributed by atoms with Crippen LogP contribution in [0.4, 0.5) is 8.78 Å². The first kappa shape index (κ1) is 16.4. The number of alkyl halides is 2. The lowest BCUT2D eigenvalue weighted by atomic mass is 9.90. The van der Waals surface area contributed by atoms with Gasteiger partial charge in [-0.3, -0.25) is 5.32 Å². The van der Waals surface area contributed by atoms with Crippen molar-refractivity contribution < 1.29 is 23.4 Å². The standard InChI is InChI=1S/C14H19F2NO3/c1-4-9(2)17-14(3,12(18)19)10-7-5-6-8-11(10)20-13(15)16/h5-9,13,17H,4H2,1-3H3,(H,18,19). The molecule has 1 rings (SSSR count). The van der Waals surface area contributed by atoms with E-state index in [1.807, 2.05) is 13.8 Å². The molecular formula is C14H19F2NO3. The van der Waals surface area contributed by atoms with Crippen molar-refractivity contribution >= 4 is 5.97 Å². The first-order valence-corrected chi connectivity index (χ1v) is 6.36. The summed E-state index contributed by atoms with van der Waals surface area (Å²) in [4.78, 5) is 11.6. The summed E-state index contributed by atoms with van der Waals surface area (Å²) in [7, 11) is 0. The lowest BCUT2D eigenvalue weighted by Crippen LogP contribution is -2.50. The Morgan fingerprint density at radius 3 is 2.55 bits per heavy atom. The van der Waals surface area contributed by atoms with E-state index in [0.29, 0.717) is 6.42 Å². The fourth-order valence-corrected chi connectivity index (χ4v) is 1.93. The maximum Gasteiger partial charge on any atom is 0.387 e. The molecule has 0 aliphatic heterocycles. The summed E-state index contributed by atoms with van der Waals surface area (Å²) < 4.78 is 29.3. The first-order valence-electron chi connectivity index (χ1n) is 6.36. The molecule has 0 fully saturated rings. The molecule has 0 aliphatic rings. The van der Waals surface area contributed by atoms with Gasteiger partial charge in [0.25, 0.3) is 0 Å². The third-order valence-electron chi connectivity index (χ3n) is 3.22. The average Bonchev–Trinajstić information content (AvgIpc) is 2.38. The van der Waals surface area contributed by atoms with Crippen molar-refractivity contribution in [3.8, 4) is 5.75 Å². The van der Waals surface area contributed by atoms with Crippen LogP contribution in [0.2, 0.25) is 0 Å². The van der Waals surface area contributed by atoms with Gasteiger partial charge in [-0.25, -0.2) is 4.79 Å². The van der Waals surface area contributed by atoms with Crippen LogP contribution in [0, 0.1) is 0 Å². The number of carbonyl (C=O) groups is 1. The predicted molar refractivity (Wildman–Crippen MR) is 71.0 cm³/mol. The Balaban J connectivity index is 3.24. The van der Waals surface area contributed by atoms with Crippen LogP contribution in [0.1, 0.15) is 32.8 Å². The van der Waals surface area contributed by atoms with E-state index >= 15 is 0 Å². The average molecular weight is 287 g/mol. The lowest BCUT2D eigenvalue weighted by molar-refractivity contribution is -0.145. The van der Waals surface area contributed by atoms with Crippen LogP contribution >= 0.6 is 0 Å². The van der Waals surface area contributed by atoms with Crippen molar-refractivity contribution in [2.75, 3.05) is 0 Å². The molecule has 2 N–H and O–H groups in total. The molecule has 2 atom stereocenters. The van der Waals surface area contributed by atoms with Crippen LogP contribution in [0.3, 0.4) is 0 Å². The molecule has 0 aliphatic carbocycles. The first-order chi connectivity index (χ1) is 9.31. The van der Waals surface area contributed by atoms with Gasteiger partial charge in [0.15, 0.2) is 0 Å². The van der Waals surface area contributed by atoms with Gasteiger partial charge in [-0.2, -0.15) is 8.78 Å². The number of hydrogen-bond donors (Lipinski definition) is 2. The minimum Gasteiger partial charge on any atom is -0.480 e. The second-order valence-electron chi connectivity index (χ2n) is 4.76. The number of carboxylic acids is 1. The molecule has 0 aromatic heterocycles. The van der Waals surface area contributed by atoms with E-state index in [1.165, 1.54) is 25.1 Å². The third kappa shape index (κ3) is 3.66. The molecule has 4 nitrogen and oxygen atoms in total. The van der Waals surface area contributed by atoms with Gasteiger partial charge >= 0.3 is 12.6 Å². The Labute approximate surface area is 116 Å². The van der Waals surface area contributed by atoms with Gasteiger partial charge in [0.05, 0.1) is 0 Å². The van der Waals surface area contributed by atoms with E-state index in [9.17, 15) is 18.7 Å². The molecule has 112 valence electrons. The number of nitrogens with one attached hydrogen (secondary N) is 1. The molecule has 0 saturated heterocycles. The van der Waals surface area contributed by atoms with Crippen molar-refractivity contribution in [1.29, 1.82) is 0 Å². The zero-order chi connectivity index (χ0) is 15.3. The summed E-state index contributed by atoms with van der Waals surface area (Å²) in [5.41, 5.74) is -1.32. The minimum absolute atomic E-state index is 0.0873. The Bertz CT molecular complexity index is 467. The second-order valence-corrected chi connectivity index (χ2v) is 4.76.